The van der Waals surface area contributed by atoms with Gasteiger partial charge in [0.15, 0.2) is 0 Å². The Hall–Kier alpha value is -2.58. The average Bonchev–Trinajstić information content (AvgIpc) is 3.06. The molecule has 0 radical (unpaired) electrons. The van der Waals surface area contributed by atoms with Crippen LogP contribution < -0.4 is 0 Å². The van der Waals surface area contributed by atoms with Crippen LogP contribution in [0, 0.1) is 0 Å². The van der Waals surface area contributed by atoms with Gasteiger partial charge in [-0.15, -0.1) is 16.7 Å². The molecule has 3 aromatic rings. The molecule has 1 N–H and O–H groups in total. The smallest absolute Gasteiger partial charge is 0.375 e. The number of hydrogen-bond donors (Lipinski definition) is 1. The number of ketones is 1. The van der Waals surface area contributed by atoms with Crippen molar-refractivity contribution in [2.24, 2.45) is 0 Å². The minimum absolute atomic E-state index is 0.0619. The number of carboxylic acid groups (broad SMARTS) is 1. The first kappa shape index (κ1) is 17.2. The Bertz CT molecular complexity index is 959. The maximum absolute atomic E-state index is 12.8. The van der Waals surface area contributed by atoms with E-state index in [2.05, 4.69) is 31.0 Å². The van der Waals surface area contributed by atoms with Crippen molar-refractivity contribution < 1.29 is 14.7 Å². The molecular formula is C16H10BrClN4O3. The van der Waals surface area contributed by atoms with E-state index in [0.29, 0.717) is 15.7 Å². The minimum Gasteiger partial charge on any atom is -0.475 e. The van der Waals surface area contributed by atoms with Crippen molar-refractivity contribution in [3.05, 3.63) is 70.0 Å². The molecule has 2 heterocycles. The predicted octanol–water partition coefficient (Wildman–Crippen LogP) is 3.09. The third-order valence-corrected chi connectivity index (χ3v) is 4.05. The number of aromatic carboxylic acids is 1. The van der Waals surface area contributed by atoms with Crippen molar-refractivity contribution in [3.63, 3.8) is 0 Å². The van der Waals surface area contributed by atoms with Gasteiger partial charge in [0.2, 0.25) is 5.78 Å². The van der Waals surface area contributed by atoms with E-state index in [0.717, 1.165) is 0 Å². The Labute approximate surface area is 155 Å². The summed E-state index contributed by atoms with van der Waals surface area (Å²) >= 11 is 9.19. The first-order chi connectivity index (χ1) is 12.0. The van der Waals surface area contributed by atoms with Crippen LogP contribution in [0.1, 0.15) is 32.5 Å². The second kappa shape index (κ2) is 7.12. The number of aromatic nitrogens is 4. The van der Waals surface area contributed by atoms with Gasteiger partial charge in [-0.25, -0.2) is 14.5 Å². The van der Waals surface area contributed by atoms with Gasteiger partial charge in [-0.05, 0) is 30.3 Å². The molecule has 0 unspecified atom stereocenters. The second-order valence-corrected chi connectivity index (χ2v) is 6.09. The summed E-state index contributed by atoms with van der Waals surface area (Å²) in [5.74, 6) is -1.84. The molecule has 7 nitrogen and oxygen atoms in total. The molecule has 0 spiro atoms. The van der Waals surface area contributed by atoms with Crippen molar-refractivity contribution in [2.75, 3.05) is 0 Å². The van der Waals surface area contributed by atoms with Gasteiger partial charge in [0.25, 0.3) is 5.82 Å². The van der Waals surface area contributed by atoms with Crippen LogP contribution in [0.15, 0.2) is 47.1 Å². The van der Waals surface area contributed by atoms with Crippen LogP contribution in [0.25, 0.3) is 5.69 Å². The van der Waals surface area contributed by atoms with Crippen LogP contribution in [0.2, 0.25) is 0 Å². The van der Waals surface area contributed by atoms with E-state index in [1.807, 2.05) is 0 Å². The summed E-state index contributed by atoms with van der Waals surface area (Å²) in [5.41, 5.74) is 0.920. The number of halogens is 2. The summed E-state index contributed by atoms with van der Waals surface area (Å²) in [7, 11) is 0. The standard InChI is InChI=1S/C16H10BrClN4O3/c17-9-4-5-12(22-13(8-18)20-15(21-22)16(24)25)10(7-9)14(23)11-3-1-2-6-19-11/h1-7H,8H2,(H,24,25). The highest BCUT2D eigenvalue weighted by atomic mass is 79.9. The fourth-order valence-electron chi connectivity index (χ4n) is 2.22. The Morgan fingerprint density at radius 1 is 1.24 bits per heavy atom. The van der Waals surface area contributed by atoms with Crippen LogP contribution in [0.3, 0.4) is 0 Å². The Kier molecular flexibility index (Phi) is 4.91. The molecule has 0 atom stereocenters. The van der Waals surface area contributed by atoms with E-state index in [1.54, 1.807) is 36.4 Å². The summed E-state index contributed by atoms with van der Waals surface area (Å²) in [6, 6.07) is 9.98. The van der Waals surface area contributed by atoms with Crippen LogP contribution >= 0.6 is 27.5 Å². The van der Waals surface area contributed by atoms with Crippen molar-refractivity contribution in [3.8, 4) is 5.69 Å². The number of hydrogen-bond acceptors (Lipinski definition) is 5. The maximum atomic E-state index is 12.8. The lowest BCUT2D eigenvalue weighted by Gasteiger charge is -2.10. The van der Waals surface area contributed by atoms with Crippen molar-refractivity contribution in [1.82, 2.24) is 19.7 Å². The van der Waals surface area contributed by atoms with Crippen molar-refractivity contribution in [2.45, 2.75) is 5.88 Å². The lowest BCUT2D eigenvalue weighted by atomic mass is 10.1. The first-order valence-electron chi connectivity index (χ1n) is 7.02. The monoisotopic (exact) mass is 420 g/mol. The number of alkyl halides is 1. The molecule has 0 bridgehead atoms. The van der Waals surface area contributed by atoms with Gasteiger partial charge in [-0.3, -0.25) is 9.78 Å². The summed E-state index contributed by atoms with van der Waals surface area (Å²) in [4.78, 5) is 31.9. The van der Waals surface area contributed by atoms with Gasteiger partial charge in [0, 0.05) is 10.7 Å². The lowest BCUT2D eigenvalue weighted by molar-refractivity contribution is 0.0683. The molecule has 1 aromatic carbocycles. The van der Waals surface area contributed by atoms with Gasteiger partial charge in [-0.1, -0.05) is 22.0 Å². The maximum Gasteiger partial charge on any atom is 0.375 e. The fraction of sp³-hybridized carbons (Fsp3) is 0.0625. The number of carboxylic acids is 1. The summed E-state index contributed by atoms with van der Waals surface area (Å²) in [6.45, 7) is 0. The Balaban J connectivity index is 2.18. The number of rotatable bonds is 5. The molecule has 0 aliphatic carbocycles. The molecule has 0 saturated heterocycles. The molecule has 126 valence electrons. The van der Waals surface area contributed by atoms with Crippen molar-refractivity contribution >= 4 is 39.3 Å². The molecule has 3 rings (SSSR count). The zero-order valence-electron chi connectivity index (χ0n) is 12.6. The van der Waals surface area contributed by atoms with Crippen LogP contribution in [-0.4, -0.2) is 36.6 Å². The average molecular weight is 422 g/mol. The van der Waals surface area contributed by atoms with Gasteiger partial charge in [0.1, 0.15) is 11.5 Å². The summed E-state index contributed by atoms with van der Waals surface area (Å²) in [6.07, 6.45) is 1.52. The lowest BCUT2D eigenvalue weighted by Crippen LogP contribution is -2.12. The van der Waals surface area contributed by atoms with E-state index < -0.39 is 11.8 Å². The number of pyridine rings is 1. The highest BCUT2D eigenvalue weighted by Gasteiger charge is 2.21. The third-order valence-electron chi connectivity index (χ3n) is 3.31. The highest BCUT2D eigenvalue weighted by Crippen LogP contribution is 2.23. The zero-order valence-corrected chi connectivity index (χ0v) is 14.9. The minimum atomic E-state index is -1.28. The quantitative estimate of drug-likeness (QED) is 0.502. The predicted molar refractivity (Wildman–Crippen MR) is 93.2 cm³/mol. The van der Waals surface area contributed by atoms with E-state index in [9.17, 15) is 9.59 Å². The molecular weight excluding hydrogens is 412 g/mol. The highest BCUT2D eigenvalue weighted by molar-refractivity contribution is 9.10. The second-order valence-electron chi connectivity index (χ2n) is 4.91. The van der Waals surface area contributed by atoms with Crippen LogP contribution in [0.5, 0.6) is 0 Å². The fourth-order valence-corrected chi connectivity index (χ4v) is 2.76. The molecule has 25 heavy (non-hydrogen) atoms. The normalized spacial score (nSPS) is 10.6. The molecule has 0 aliphatic rings. The van der Waals surface area contributed by atoms with E-state index >= 15 is 0 Å². The van der Waals surface area contributed by atoms with Gasteiger partial charge in [-0.2, -0.15) is 0 Å². The first-order valence-corrected chi connectivity index (χ1v) is 8.35. The SMILES string of the molecule is O=C(O)c1nc(CCl)n(-c2ccc(Br)cc2C(=O)c2ccccn2)n1. The Morgan fingerprint density at radius 2 is 2.04 bits per heavy atom. The topological polar surface area (TPSA) is 98.0 Å². The summed E-state index contributed by atoms with van der Waals surface area (Å²) in [5, 5.41) is 13.1. The number of benzene rings is 1. The Morgan fingerprint density at radius 3 is 2.68 bits per heavy atom. The third kappa shape index (κ3) is 3.45. The van der Waals surface area contributed by atoms with E-state index in [4.69, 9.17) is 16.7 Å². The molecule has 0 amide bonds. The van der Waals surface area contributed by atoms with Crippen LogP contribution in [-0.2, 0) is 5.88 Å². The molecule has 0 fully saturated rings. The van der Waals surface area contributed by atoms with Gasteiger partial charge in [0.05, 0.1) is 17.1 Å². The van der Waals surface area contributed by atoms with Crippen LogP contribution in [0.4, 0.5) is 0 Å². The van der Waals surface area contributed by atoms with Gasteiger partial charge < -0.3 is 5.11 Å². The van der Waals surface area contributed by atoms with E-state index in [-0.39, 0.29) is 23.2 Å². The number of carbonyl (C=O) groups excluding carboxylic acids is 1. The van der Waals surface area contributed by atoms with Gasteiger partial charge >= 0.3 is 5.97 Å². The molecule has 9 heteroatoms. The molecule has 0 saturated carbocycles. The molecule has 0 aliphatic heterocycles. The summed E-state index contributed by atoms with van der Waals surface area (Å²) < 4.78 is 1.94. The van der Waals surface area contributed by atoms with E-state index in [1.165, 1.54) is 10.9 Å². The van der Waals surface area contributed by atoms with Crippen molar-refractivity contribution in [1.29, 1.82) is 0 Å². The zero-order chi connectivity index (χ0) is 18.0. The number of nitrogens with zero attached hydrogens (tertiary/aromatic N) is 4. The number of carbonyl (C=O) groups is 2. The molecule has 2 aromatic heterocycles. The largest absolute Gasteiger partial charge is 0.475 e.